The van der Waals surface area contributed by atoms with E-state index in [0.717, 1.165) is 11.0 Å². The smallest absolute Gasteiger partial charge is 0.335 e. The number of nitrogens with one attached hydrogen (secondary N) is 1. The van der Waals surface area contributed by atoms with Crippen molar-refractivity contribution in [3.63, 3.8) is 0 Å². The molecule has 1 aromatic heterocycles. The van der Waals surface area contributed by atoms with E-state index >= 15 is 0 Å². The molecular formula is C7H6N2+. The standard InChI is InChI=1S/C7H5N2/c1-2-4-7-6(3-1)8-5-9-7/h1-4H,(H,8,9)/p+1. The maximum Gasteiger partial charge on any atom is 1.00 e. The van der Waals surface area contributed by atoms with Gasteiger partial charge < -0.3 is 4.98 Å². The average molecular weight is 118 g/mol. The summed E-state index contributed by atoms with van der Waals surface area (Å²) in [5, 5.41) is 0. The Morgan fingerprint density at radius 2 is 2.33 bits per heavy atom. The van der Waals surface area contributed by atoms with Gasteiger partial charge in [0.15, 0.2) is 6.33 Å². The Bertz CT molecular complexity index is 286. The molecule has 0 aliphatic heterocycles. The SMILES string of the molecule is [H+].[c]1nc2ccccc2[nH]1. The van der Waals surface area contributed by atoms with Crippen LogP contribution in [0.2, 0.25) is 0 Å². The highest BCUT2D eigenvalue weighted by atomic mass is 14.9. The van der Waals surface area contributed by atoms with Gasteiger partial charge in [-0.05, 0) is 12.1 Å². The van der Waals surface area contributed by atoms with Crippen LogP contribution in [-0.4, -0.2) is 9.97 Å². The minimum Gasteiger partial charge on any atom is -0.335 e. The Hall–Kier alpha value is -1.31. The molecule has 0 aliphatic carbocycles. The minimum absolute atomic E-state index is 0. The fraction of sp³-hybridized carbons (Fsp3) is 0. The van der Waals surface area contributed by atoms with Crippen LogP contribution in [-0.2, 0) is 0 Å². The zero-order valence-electron chi connectivity index (χ0n) is 5.76. The quantitative estimate of drug-likeness (QED) is 0.557. The second kappa shape index (κ2) is 1.58. The van der Waals surface area contributed by atoms with Crippen molar-refractivity contribution >= 4 is 11.0 Å². The lowest BCUT2D eigenvalue weighted by atomic mass is 10.3. The third-order valence-electron chi connectivity index (χ3n) is 1.27. The number of rotatable bonds is 0. The molecule has 2 nitrogen and oxygen atoms in total. The lowest BCUT2D eigenvalue weighted by molar-refractivity contribution is 1.32. The van der Waals surface area contributed by atoms with Crippen LogP contribution in [0.1, 0.15) is 1.43 Å². The predicted molar refractivity (Wildman–Crippen MR) is 36.0 cm³/mol. The van der Waals surface area contributed by atoms with Crippen molar-refractivity contribution in [2.45, 2.75) is 0 Å². The van der Waals surface area contributed by atoms with Crippen molar-refractivity contribution < 1.29 is 1.43 Å². The van der Waals surface area contributed by atoms with E-state index in [0.29, 0.717) is 0 Å². The molecule has 0 unspecified atom stereocenters. The fourth-order valence-electron chi connectivity index (χ4n) is 0.825. The summed E-state index contributed by atoms with van der Waals surface area (Å²) in [5.74, 6) is 0. The van der Waals surface area contributed by atoms with Gasteiger partial charge in [-0.2, -0.15) is 0 Å². The summed E-state index contributed by atoms with van der Waals surface area (Å²) in [4.78, 5) is 6.82. The summed E-state index contributed by atoms with van der Waals surface area (Å²) in [6.07, 6.45) is 2.66. The molecule has 1 aromatic carbocycles. The summed E-state index contributed by atoms with van der Waals surface area (Å²) in [5.41, 5.74) is 2.01. The third-order valence-corrected chi connectivity index (χ3v) is 1.27. The molecule has 0 saturated heterocycles. The van der Waals surface area contributed by atoms with E-state index in [-0.39, 0.29) is 1.43 Å². The van der Waals surface area contributed by atoms with Crippen molar-refractivity contribution in [3.05, 3.63) is 30.6 Å². The predicted octanol–water partition coefficient (Wildman–Crippen LogP) is 1.48. The van der Waals surface area contributed by atoms with Crippen molar-refractivity contribution in [3.8, 4) is 0 Å². The van der Waals surface area contributed by atoms with Gasteiger partial charge in [0.25, 0.3) is 0 Å². The van der Waals surface area contributed by atoms with Crippen LogP contribution in [0.5, 0.6) is 0 Å². The van der Waals surface area contributed by atoms with Crippen molar-refractivity contribution in [1.29, 1.82) is 0 Å². The number of benzene rings is 1. The Morgan fingerprint density at radius 3 is 3.22 bits per heavy atom. The van der Waals surface area contributed by atoms with Crippen LogP contribution < -0.4 is 0 Å². The maximum absolute atomic E-state index is 3.94. The highest BCUT2D eigenvalue weighted by molar-refractivity contribution is 5.73. The number of H-pyrrole nitrogens is 1. The van der Waals surface area contributed by atoms with Gasteiger partial charge in [-0.25, -0.2) is 4.98 Å². The first-order valence-corrected chi connectivity index (χ1v) is 2.77. The first kappa shape index (κ1) is 4.56. The molecule has 2 aromatic rings. The summed E-state index contributed by atoms with van der Waals surface area (Å²) in [7, 11) is 0. The highest BCUT2D eigenvalue weighted by Gasteiger charge is 1.89. The Kier molecular flexibility index (Phi) is 0.803. The topological polar surface area (TPSA) is 28.7 Å². The van der Waals surface area contributed by atoms with Crippen molar-refractivity contribution in [2.75, 3.05) is 0 Å². The Labute approximate surface area is 54.0 Å². The van der Waals surface area contributed by atoms with Crippen LogP contribution in [0.3, 0.4) is 0 Å². The Morgan fingerprint density at radius 1 is 1.44 bits per heavy atom. The van der Waals surface area contributed by atoms with Crippen LogP contribution in [0.25, 0.3) is 11.0 Å². The molecule has 1 N–H and O–H groups in total. The monoisotopic (exact) mass is 118 g/mol. The van der Waals surface area contributed by atoms with Gasteiger partial charge in [0.2, 0.25) is 0 Å². The molecule has 43 valence electrons. The van der Waals surface area contributed by atoms with Gasteiger partial charge in [-0.1, -0.05) is 12.1 Å². The third kappa shape index (κ3) is 0.598. The first-order chi connectivity index (χ1) is 4.47. The number of imidazole rings is 1. The molecule has 0 spiro atoms. The van der Waals surface area contributed by atoms with Gasteiger partial charge in [-0.15, -0.1) is 0 Å². The van der Waals surface area contributed by atoms with Gasteiger partial charge in [0.05, 0.1) is 11.0 Å². The van der Waals surface area contributed by atoms with Gasteiger partial charge in [0.1, 0.15) is 0 Å². The number of hydrogen-bond acceptors (Lipinski definition) is 1. The van der Waals surface area contributed by atoms with Crippen LogP contribution in [0.15, 0.2) is 24.3 Å². The van der Waals surface area contributed by atoms with Gasteiger partial charge in [0, 0.05) is 0 Å². The molecule has 0 fully saturated rings. The largest absolute Gasteiger partial charge is 1.00 e. The molecule has 1 heterocycles. The highest BCUT2D eigenvalue weighted by Crippen LogP contribution is 2.04. The number of aromatic nitrogens is 2. The molecule has 1 radical (unpaired) electrons. The summed E-state index contributed by atoms with van der Waals surface area (Å²) < 4.78 is 0. The van der Waals surface area contributed by atoms with E-state index in [9.17, 15) is 0 Å². The summed E-state index contributed by atoms with van der Waals surface area (Å²) in [6.45, 7) is 0. The summed E-state index contributed by atoms with van der Waals surface area (Å²) in [6, 6.07) is 7.84. The van der Waals surface area contributed by atoms with Crippen LogP contribution in [0.4, 0.5) is 0 Å². The molecule has 0 atom stereocenters. The molecule has 2 heteroatoms. The van der Waals surface area contributed by atoms with E-state index in [1.807, 2.05) is 24.3 Å². The van der Waals surface area contributed by atoms with E-state index in [1.165, 1.54) is 0 Å². The van der Waals surface area contributed by atoms with Crippen LogP contribution >= 0.6 is 0 Å². The molecular weight excluding hydrogens is 112 g/mol. The zero-order valence-corrected chi connectivity index (χ0v) is 4.76. The summed E-state index contributed by atoms with van der Waals surface area (Å²) >= 11 is 0. The molecule has 0 amide bonds. The zero-order chi connectivity index (χ0) is 6.10. The van der Waals surface area contributed by atoms with Crippen LogP contribution in [0, 0.1) is 6.33 Å². The number of para-hydroxylation sites is 2. The van der Waals surface area contributed by atoms with Crippen molar-refractivity contribution in [1.82, 2.24) is 9.97 Å². The lowest BCUT2D eigenvalue weighted by Crippen LogP contribution is -1.63. The normalized spacial score (nSPS) is 10.2. The number of hydrogen-bond donors (Lipinski definition) is 1. The van der Waals surface area contributed by atoms with Gasteiger partial charge in [-0.3, -0.25) is 0 Å². The van der Waals surface area contributed by atoms with E-state index in [1.54, 1.807) is 0 Å². The molecule has 0 bridgehead atoms. The second-order valence-corrected chi connectivity index (χ2v) is 1.87. The molecule has 0 saturated carbocycles. The van der Waals surface area contributed by atoms with E-state index in [2.05, 4.69) is 16.3 Å². The lowest BCUT2D eigenvalue weighted by Gasteiger charge is -1.81. The van der Waals surface area contributed by atoms with E-state index < -0.39 is 0 Å². The molecule has 9 heavy (non-hydrogen) atoms. The molecule has 0 aliphatic rings. The second-order valence-electron chi connectivity index (χ2n) is 1.87. The van der Waals surface area contributed by atoms with Crippen molar-refractivity contribution in [2.24, 2.45) is 0 Å². The van der Waals surface area contributed by atoms with Gasteiger partial charge >= 0.3 is 1.43 Å². The minimum atomic E-state index is 0. The Balaban J connectivity index is 0.000000500. The maximum atomic E-state index is 3.94. The van der Waals surface area contributed by atoms with E-state index in [4.69, 9.17) is 0 Å². The number of nitrogens with zero attached hydrogens (tertiary/aromatic N) is 1. The molecule has 2 rings (SSSR count). The number of fused-ring (bicyclic) bond motifs is 1. The average Bonchev–Trinajstić information content (AvgIpc) is 2.33. The first-order valence-electron chi connectivity index (χ1n) is 2.77. The fourth-order valence-corrected chi connectivity index (χ4v) is 0.825. The number of aromatic amines is 1.